The largest absolute Gasteiger partial charge is 0.306 e. The van der Waals surface area contributed by atoms with Crippen LogP contribution in [0.1, 0.15) is 13.8 Å². The lowest BCUT2D eigenvalue weighted by atomic mass is 10.0. The molecule has 0 radical (unpaired) electrons. The Morgan fingerprint density at radius 2 is 1.95 bits per heavy atom. The molecule has 0 aromatic carbocycles. The summed E-state index contributed by atoms with van der Waals surface area (Å²) in [6.45, 7) is 5.18. The first-order valence-electron chi connectivity index (χ1n) is 6.89. The lowest BCUT2D eigenvalue weighted by Gasteiger charge is -2.16. The van der Waals surface area contributed by atoms with Gasteiger partial charge in [-0.05, 0) is 24.0 Å². The van der Waals surface area contributed by atoms with Gasteiger partial charge in [-0.3, -0.25) is 4.40 Å². The average molecular weight is 309 g/mol. The van der Waals surface area contributed by atoms with Crippen molar-refractivity contribution in [3.05, 3.63) is 24.4 Å². The lowest BCUT2D eigenvalue weighted by Crippen LogP contribution is -2.31. The highest BCUT2D eigenvalue weighted by Gasteiger charge is 2.38. The molecular weight excluding hydrogens is 290 g/mol. The van der Waals surface area contributed by atoms with Gasteiger partial charge < -0.3 is 5.43 Å². The number of hydrogen-bond acceptors (Lipinski definition) is 5. The molecule has 0 saturated carbocycles. The van der Waals surface area contributed by atoms with Gasteiger partial charge in [-0.25, -0.2) is 19.2 Å². The number of sulfonamides is 1. The highest BCUT2D eigenvalue weighted by Crippen LogP contribution is 2.31. The van der Waals surface area contributed by atoms with Crippen LogP contribution in [-0.2, 0) is 10.0 Å². The number of aromatic nitrogens is 2. The Balaban J connectivity index is 2.15. The zero-order valence-corrected chi connectivity index (χ0v) is 12.8. The second-order valence-corrected chi connectivity index (χ2v) is 7.47. The van der Waals surface area contributed by atoms with Gasteiger partial charge in [0, 0.05) is 19.3 Å². The van der Waals surface area contributed by atoms with Crippen molar-refractivity contribution >= 4 is 21.5 Å². The van der Waals surface area contributed by atoms with E-state index in [1.165, 1.54) is 4.31 Å². The molecule has 0 spiro atoms. The molecule has 2 atom stereocenters. The molecule has 2 unspecified atom stereocenters. The molecule has 1 aliphatic heterocycles. The molecule has 1 fully saturated rings. The molecule has 3 N–H and O–H groups in total. The van der Waals surface area contributed by atoms with Gasteiger partial charge in [0.1, 0.15) is 5.65 Å². The van der Waals surface area contributed by atoms with Gasteiger partial charge in [-0.15, -0.1) is 0 Å². The second-order valence-electron chi connectivity index (χ2n) is 5.62. The van der Waals surface area contributed by atoms with Crippen LogP contribution in [0.5, 0.6) is 0 Å². The van der Waals surface area contributed by atoms with Crippen LogP contribution in [0.4, 0.5) is 5.82 Å². The molecule has 21 heavy (non-hydrogen) atoms. The van der Waals surface area contributed by atoms with Gasteiger partial charge in [0.2, 0.25) is 5.03 Å². The van der Waals surface area contributed by atoms with Crippen molar-refractivity contribution in [3.8, 4) is 0 Å². The zero-order valence-electron chi connectivity index (χ0n) is 12.0. The van der Waals surface area contributed by atoms with E-state index in [4.69, 9.17) is 5.84 Å². The van der Waals surface area contributed by atoms with E-state index in [0.29, 0.717) is 30.6 Å². The van der Waals surface area contributed by atoms with Crippen LogP contribution in [-0.4, -0.2) is 35.2 Å². The third-order valence-corrected chi connectivity index (χ3v) is 6.02. The summed E-state index contributed by atoms with van der Waals surface area (Å²) in [4.78, 5) is 4.23. The average Bonchev–Trinajstić information content (AvgIpc) is 3.00. The topological polar surface area (TPSA) is 92.7 Å². The smallest absolute Gasteiger partial charge is 0.262 e. The minimum Gasteiger partial charge on any atom is -0.306 e. The van der Waals surface area contributed by atoms with E-state index in [2.05, 4.69) is 24.3 Å². The first kappa shape index (κ1) is 14.3. The number of nitrogen functional groups attached to an aromatic ring is 1. The monoisotopic (exact) mass is 309 g/mol. The number of hydrazine groups is 1. The Morgan fingerprint density at radius 3 is 2.57 bits per heavy atom. The molecule has 0 bridgehead atoms. The van der Waals surface area contributed by atoms with E-state index in [9.17, 15) is 8.42 Å². The van der Waals surface area contributed by atoms with Crippen molar-refractivity contribution < 1.29 is 8.42 Å². The number of fused-ring (bicyclic) bond motifs is 1. The highest BCUT2D eigenvalue weighted by molar-refractivity contribution is 7.89. The maximum atomic E-state index is 12.9. The summed E-state index contributed by atoms with van der Waals surface area (Å²) < 4.78 is 29.0. The quantitative estimate of drug-likeness (QED) is 0.649. The standard InChI is InChI=1S/C13H19N5O2S/c1-9-7-17(8-10(9)2)21(19,20)13-12(16-14)15-11-5-3-4-6-18(11)13/h3-6,9-10,16H,7-8,14H2,1-2H3. The molecule has 8 heteroatoms. The Kier molecular flexibility index (Phi) is 3.39. The summed E-state index contributed by atoms with van der Waals surface area (Å²) in [5, 5.41) is 0.0990. The second kappa shape index (κ2) is 4.97. The normalized spacial score (nSPS) is 23.8. The predicted octanol–water partition coefficient (Wildman–Crippen LogP) is 0.896. The van der Waals surface area contributed by atoms with Crippen LogP contribution in [0.3, 0.4) is 0 Å². The van der Waals surface area contributed by atoms with Crippen molar-refractivity contribution in [2.45, 2.75) is 18.9 Å². The minimum absolute atomic E-state index is 0.0990. The summed E-state index contributed by atoms with van der Waals surface area (Å²) in [7, 11) is -3.64. The summed E-state index contributed by atoms with van der Waals surface area (Å²) in [5.74, 6) is 6.31. The van der Waals surface area contributed by atoms with Gasteiger partial charge in [0.05, 0.1) is 0 Å². The number of anilines is 1. The van der Waals surface area contributed by atoms with Crippen molar-refractivity contribution in [2.24, 2.45) is 17.7 Å². The first-order chi connectivity index (χ1) is 9.95. The van der Waals surface area contributed by atoms with Crippen LogP contribution >= 0.6 is 0 Å². The van der Waals surface area contributed by atoms with Crippen molar-refractivity contribution in [3.63, 3.8) is 0 Å². The Labute approximate surface area is 123 Å². The van der Waals surface area contributed by atoms with Crippen molar-refractivity contribution in [2.75, 3.05) is 18.5 Å². The molecule has 3 rings (SSSR count). The fourth-order valence-corrected chi connectivity index (χ4v) is 4.57. The van der Waals surface area contributed by atoms with Crippen LogP contribution < -0.4 is 11.3 Å². The van der Waals surface area contributed by atoms with Crippen molar-refractivity contribution in [1.82, 2.24) is 13.7 Å². The Morgan fingerprint density at radius 1 is 1.29 bits per heavy atom. The molecule has 114 valence electrons. The predicted molar refractivity (Wildman–Crippen MR) is 80.1 cm³/mol. The lowest BCUT2D eigenvalue weighted by molar-refractivity contribution is 0.460. The molecule has 7 nitrogen and oxygen atoms in total. The maximum absolute atomic E-state index is 12.9. The summed E-state index contributed by atoms with van der Waals surface area (Å²) in [6.07, 6.45) is 1.68. The molecule has 2 aromatic rings. The van der Waals surface area contributed by atoms with Gasteiger partial charge >= 0.3 is 0 Å². The Hall–Kier alpha value is -1.64. The van der Waals surface area contributed by atoms with Gasteiger partial charge in [-0.1, -0.05) is 19.9 Å². The Bertz CT molecular complexity index is 760. The number of nitrogens with zero attached hydrogens (tertiary/aromatic N) is 3. The van der Waals surface area contributed by atoms with E-state index in [0.717, 1.165) is 0 Å². The van der Waals surface area contributed by atoms with Gasteiger partial charge in [-0.2, -0.15) is 4.31 Å². The van der Waals surface area contributed by atoms with Crippen LogP contribution in [0.25, 0.3) is 5.65 Å². The third-order valence-electron chi connectivity index (χ3n) is 4.16. The number of nitrogens with one attached hydrogen (secondary N) is 1. The summed E-state index contributed by atoms with van der Waals surface area (Å²) in [5.41, 5.74) is 2.94. The van der Waals surface area contributed by atoms with E-state index in [1.807, 2.05) is 0 Å². The fraction of sp³-hybridized carbons (Fsp3) is 0.462. The number of imidazole rings is 1. The molecular formula is C13H19N5O2S. The fourth-order valence-electron chi connectivity index (χ4n) is 2.71. The van der Waals surface area contributed by atoms with E-state index >= 15 is 0 Å². The summed E-state index contributed by atoms with van der Waals surface area (Å²) >= 11 is 0. The number of hydrogen-bond donors (Lipinski definition) is 2. The number of rotatable bonds is 3. The van der Waals surface area contributed by atoms with E-state index in [-0.39, 0.29) is 10.8 Å². The van der Waals surface area contributed by atoms with Crippen LogP contribution in [0, 0.1) is 11.8 Å². The van der Waals surface area contributed by atoms with Crippen LogP contribution in [0.15, 0.2) is 29.4 Å². The molecule has 0 amide bonds. The van der Waals surface area contributed by atoms with Crippen molar-refractivity contribution in [1.29, 1.82) is 0 Å². The van der Waals surface area contributed by atoms with Crippen LogP contribution in [0.2, 0.25) is 0 Å². The molecule has 3 heterocycles. The number of nitrogens with two attached hydrogens (primary N) is 1. The van der Waals surface area contributed by atoms with E-state index in [1.54, 1.807) is 28.8 Å². The highest BCUT2D eigenvalue weighted by atomic mass is 32.2. The van der Waals surface area contributed by atoms with Gasteiger partial charge in [0.25, 0.3) is 10.0 Å². The first-order valence-corrected chi connectivity index (χ1v) is 8.33. The maximum Gasteiger partial charge on any atom is 0.262 e. The number of pyridine rings is 1. The van der Waals surface area contributed by atoms with Gasteiger partial charge in [0.15, 0.2) is 5.82 Å². The minimum atomic E-state index is -3.64. The molecule has 1 aliphatic rings. The molecule has 2 aromatic heterocycles. The SMILES string of the molecule is CC1CN(S(=O)(=O)c2c(NN)nc3ccccn23)CC1C. The molecule has 1 saturated heterocycles. The zero-order chi connectivity index (χ0) is 15.2. The van der Waals surface area contributed by atoms with E-state index < -0.39 is 10.0 Å². The third kappa shape index (κ3) is 2.19. The summed E-state index contributed by atoms with van der Waals surface area (Å²) in [6, 6.07) is 5.32. The molecule has 0 aliphatic carbocycles.